The molecule has 0 aliphatic carbocycles. The number of nitrogens with one attached hydrogen (secondary N) is 1. The molecule has 0 amide bonds. The molecule has 1 N–H and O–H groups in total. The van der Waals surface area contributed by atoms with Gasteiger partial charge in [-0.15, -0.1) is 0 Å². The first-order valence-corrected chi connectivity index (χ1v) is 5.10. The summed E-state index contributed by atoms with van der Waals surface area (Å²) in [5.74, 6) is 0.816. The number of ether oxygens (including phenoxy) is 1. The van der Waals surface area contributed by atoms with Crippen molar-refractivity contribution in [3.8, 4) is 5.75 Å². The minimum atomic E-state index is 0.816. The summed E-state index contributed by atoms with van der Waals surface area (Å²) < 4.78 is 5.15. The molecule has 78 valence electrons. The van der Waals surface area contributed by atoms with Crippen molar-refractivity contribution in [2.75, 3.05) is 12.4 Å². The van der Waals surface area contributed by atoms with E-state index < -0.39 is 0 Å². The summed E-state index contributed by atoms with van der Waals surface area (Å²) in [4.78, 5) is 0. The van der Waals surface area contributed by atoms with Gasteiger partial charge in [0, 0.05) is 0 Å². The Morgan fingerprint density at radius 2 is 2.00 bits per heavy atom. The van der Waals surface area contributed by atoms with Crippen molar-refractivity contribution in [3.63, 3.8) is 0 Å². The van der Waals surface area contributed by atoms with Gasteiger partial charge in [-0.3, -0.25) is 0 Å². The molecule has 0 bridgehead atoms. The SMILES string of the molecule is CC.COc1cc(C)ccc1NC=S. The molecule has 0 fully saturated rings. The molecule has 14 heavy (non-hydrogen) atoms. The third-order valence-corrected chi connectivity index (χ3v) is 1.69. The lowest BCUT2D eigenvalue weighted by Crippen LogP contribution is -1.96. The van der Waals surface area contributed by atoms with Crippen LogP contribution in [0.2, 0.25) is 0 Å². The molecule has 0 atom stereocenters. The van der Waals surface area contributed by atoms with Gasteiger partial charge in [-0.25, -0.2) is 0 Å². The van der Waals surface area contributed by atoms with Crippen molar-refractivity contribution in [2.24, 2.45) is 0 Å². The van der Waals surface area contributed by atoms with Gasteiger partial charge < -0.3 is 10.1 Å². The second-order valence-corrected chi connectivity index (χ2v) is 2.70. The molecular weight excluding hydrogens is 194 g/mol. The molecular formula is C11H17NOS. The van der Waals surface area contributed by atoms with Gasteiger partial charge in [0.05, 0.1) is 18.3 Å². The number of rotatable bonds is 3. The Hall–Kier alpha value is -1.09. The lowest BCUT2D eigenvalue weighted by atomic mass is 10.2. The second kappa shape index (κ2) is 7.33. The monoisotopic (exact) mass is 211 g/mol. The minimum absolute atomic E-state index is 0.816. The maximum absolute atomic E-state index is 5.15. The summed E-state index contributed by atoms with van der Waals surface area (Å²) in [6.45, 7) is 6.02. The second-order valence-electron chi connectivity index (χ2n) is 2.47. The van der Waals surface area contributed by atoms with E-state index in [4.69, 9.17) is 4.74 Å². The van der Waals surface area contributed by atoms with Gasteiger partial charge in [-0.05, 0) is 24.6 Å². The van der Waals surface area contributed by atoms with Crippen molar-refractivity contribution >= 4 is 23.4 Å². The fourth-order valence-electron chi connectivity index (χ4n) is 0.981. The predicted octanol–water partition coefficient (Wildman–Crippen LogP) is 3.40. The van der Waals surface area contributed by atoms with Crippen LogP contribution in [0.5, 0.6) is 5.75 Å². The largest absolute Gasteiger partial charge is 0.495 e. The Labute approximate surface area is 91.3 Å². The highest BCUT2D eigenvalue weighted by atomic mass is 32.1. The van der Waals surface area contributed by atoms with Crippen LogP contribution in [0.3, 0.4) is 0 Å². The maximum Gasteiger partial charge on any atom is 0.142 e. The third kappa shape index (κ3) is 3.75. The van der Waals surface area contributed by atoms with Crippen LogP contribution in [0, 0.1) is 6.92 Å². The van der Waals surface area contributed by atoms with Crippen LogP contribution in [-0.2, 0) is 0 Å². The fraction of sp³-hybridized carbons (Fsp3) is 0.364. The van der Waals surface area contributed by atoms with Gasteiger partial charge in [0.2, 0.25) is 0 Å². The number of aryl methyl sites for hydroxylation is 1. The summed E-state index contributed by atoms with van der Waals surface area (Å²) in [6.07, 6.45) is 0. The van der Waals surface area contributed by atoms with Crippen molar-refractivity contribution < 1.29 is 4.74 Å². The van der Waals surface area contributed by atoms with Crippen molar-refractivity contribution in [1.29, 1.82) is 0 Å². The molecule has 0 aliphatic rings. The Bertz CT molecular complexity index is 287. The molecule has 1 rings (SSSR count). The molecule has 2 nitrogen and oxygen atoms in total. The summed E-state index contributed by atoms with van der Waals surface area (Å²) in [5.41, 5.74) is 3.53. The first-order valence-electron chi connectivity index (χ1n) is 4.62. The van der Waals surface area contributed by atoms with Crippen LogP contribution in [0.15, 0.2) is 18.2 Å². The van der Waals surface area contributed by atoms with E-state index in [1.165, 1.54) is 11.1 Å². The zero-order chi connectivity index (χ0) is 11.0. The molecule has 1 aromatic carbocycles. The molecule has 0 saturated heterocycles. The van der Waals surface area contributed by atoms with Crippen molar-refractivity contribution in [2.45, 2.75) is 20.8 Å². The quantitative estimate of drug-likeness (QED) is 0.774. The smallest absolute Gasteiger partial charge is 0.142 e. The van der Waals surface area contributed by atoms with Gasteiger partial charge in [-0.1, -0.05) is 32.1 Å². The van der Waals surface area contributed by atoms with E-state index in [0.29, 0.717) is 0 Å². The van der Waals surface area contributed by atoms with Crippen molar-refractivity contribution in [3.05, 3.63) is 23.8 Å². The summed E-state index contributed by atoms with van der Waals surface area (Å²) >= 11 is 4.68. The fourth-order valence-corrected chi connectivity index (χ4v) is 1.11. The van der Waals surface area contributed by atoms with Crippen LogP contribution in [0.25, 0.3) is 0 Å². The molecule has 0 aromatic heterocycles. The van der Waals surface area contributed by atoms with Crippen LogP contribution in [0.1, 0.15) is 19.4 Å². The van der Waals surface area contributed by atoms with Gasteiger partial charge in [-0.2, -0.15) is 0 Å². The summed E-state index contributed by atoms with van der Waals surface area (Å²) in [5, 5.41) is 2.92. The molecule has 0 unspecified atom stereocenters. The zero-order valence-electron chi connectivity index (χ0n) is 9.13. The highest BCUT2D eigenvalue weighted by Gasteiger charge is 1.99. The van der Waals surface area contributed by atoms with Crippen LogP contribution < -0.4 is 10.1 Å². The molecule has 0 heterocycles. The van der Waals surface area contributed by atoms with Gasteiger partial charge in [0.15, 0.2) is 0 Å². The lowest BCUT2D eigenvalue weighted by Gasteiger charge is -2.07. The maximum atomic E-state index is 5.15. The standard InChI is InChI=1S/C9H11NOS.C2H6/c1-7-3-4-8(10-6-12)9(5-7)11-2;1-2/h3-6H,1-2H3,(H,10,12);1-2H3. The van der Waals surface area contributed by atoms with E-state index in [0.717, 1.165) is 11.4 Å². The van der Waals surface area contributed by atoms with E-state index >= 15 is 0 Å². The van der Waals surface area contributed by atoms with E-state index in [-0.39, 0.29) is 0 Å². The van der Waals surface area contributed by atoms with Gasteiger partial charge >= 0.3 is 0 Å². The topological polar surface area (TPSA) is 21.3 Å². The normalized spacial score (nSPS) is 8.29. The summed E-state index contributed by atoms with van der Waals surface area (Å²) in [6, 6.07) is 5.90. The number of thiocarbonyl (C=S) groups is 1. The molecule has 3 heteroatoms. The Morgan fingerprint density at radius 1 is 1.36 bits per heavy atom. The third-order valence-electron chi connectivity index (χ3n) is 1.57. The van der Waals surface area contributed by atoms with E-state index in [9.17, 15) is 0 Å². The molecule has 0 aliphatic heterocycles. The van der Waals surface area contributed by atoms with Gasteiger partial charge in [0.25, 0.3) is 0 Å². The Morgan fingerprint density at radius 3 is 2.50 bits per heavy atom. The zero-order valence-corrected chi connectivity index (χ0v) is 9.94. The highest BCUT2D eigenvalue weighted by molar-refractivity contribution is 7.79. The molecule has 0 saturated carbocycles. The Balaban J connectivity index is 0.000000791. The van der Waals surface area contributed by atoms with Gasteiger partial charge in [0.1, 0.15) is 5.75 Å². The number of benzene rings is 1. The average molecular weight is 211 g/mol. The lowest BCUT2D eigenvalue weighted by molar-refractivity contribution is 0.416. The minimum Gasteiger partial charge on any atom is -0.495 e. The van der Waals surface area contributed by atoms with E-state index in [1.807, 2.05) is 39.0 Å². The number of anilines is 1. The number of hydrogen-bond donors (Lipinski definition) is 1. The molecule has 0 spiro atoms. The Kier molecular flexibility index (Phi) is 6.76. The number of methoxy groups -OCH3 is 1. The van der Waals surface area contributed by atoms with E-state index in [1.54, 1.807) is 7.11 Å². The predicted molar refractivity (Wildman–Crippen MR) is 66.4 cm³/mol. The molecule has 0 radical (unpaired) electrons. The average Bonchev–Trinajstić information content (AvgIpc) is 2.24. The van der Waals surface area contributed by atoms with Crippen LogP contribution in [-0.4, -0.2) is 12.6 Å². The van der Waals surface area contributed by atoms with Crippen molar-refractivity contribution in [1.82, 2.24) is 0 Å². The molecule has 1 aromatic rings. The first-order chi connectivity index (χ1) is 6.77. The highest BCUT2D eigenvalue weighted by Crippen LogP contribution is 2.24. The van der Waals surface area contributed by atoms with E-state index in [2.05, 4.69) is 17.5 Å². The van der Waals surface area contributed by atoms with Crippen LogP contribution in [0.4, 0.5) is 5.69 Å². The number of hydrogen-bond acceptors (Lipinski definition) is 2. The summed E-state index contributed by atoms with van der Waals surface area (Å²) in [7, 11) is 1.64. The van der Waals surface area contributed by atoms with Crippen LogP contribution >= 0.6 is 12.2 Å². The first kappa shape index (κ1) is 12.9.